The van der Waals surface area contributed by atoms with Gasteiger partial charge in [-0.15, -0.1) is 0 Å². The number of aromatic nitrogens is 2. The Morgan fingerprint density at radius 3 is 2.79 bits per heavy atom. The van der Waals surface area contributed by atoms with Gasteiger partial charge in [-0.25, -0.2) is 9.37 Å². The molecule has 0 saturated heterocycles. The van der Waals surface area contributed by atoms with Crippen molar-refractivity contribution in [3.63, 3.8) is 0 Å². The molecule has 2 aromatic rings. The summed E-state index contributed by atoms with van der Waals surface area (Å²) in [6, 6.07) is 4.14. The summed E-state index contributed by atoms with van der Waals surface area (Å²) in [5.41, 5.74) is 0.665. The van der Waals surface area contributed by atoms with Crippen LogP contribution in [-0.4, -0.2) is 16.2 Å². The molecule has 0 aliphatic rings. The second kappa shape index (κ2) is 6.70. The summed E-state index contributed by atoms with van der Waals surface area (Å²) in [5.74, 6) is -0.301. The summed E-state index contributed by atoms with van der Waals surface area (Å²) in [5, 5.41) is 0.306. The van der Waals surface area contributed by atoms with Crippen molar-refractivity contribution in [3.05, 3.63) is 47.1 Å². The molecule has 0 N–H and O–H groups in total. The van der Waals surface area contributed by atoms with Crippen LogP contribution in [0, 0.1) is 5.82 Å². The predicted molar refractivity (Wildman–Crippen MR) is 71.8 cm³/mol. The lowest BCUT2D eigenvalue weighted by atomic mass is 10.3. The molecule has 0 radical (unpaired) electrons. The lowest BCUT2D eigenvalue weighted by Crippen LogP contribution is -1.96. The fraction of sp³-hybridized carbons (Fsp3) is 0.167. The minimum absolute atomic E-state index is 0.0480. The van der Waals surface area contributed by atoms with Crippen LogP contribution >= 0.6 is 23.6 Å². The molecule has 1 heterocycles. The average molecular weight is 301 g/mol. The van der Waals surface area contributed by atoms with Gasteiger partial charge in [0, 0.05) is 11.3 Å². The number of rotatable bonds is 5. The zero-order valence-corrected chi connectivity index (χ0v) is 11.5. The Bertz CT molecular complexity index is 554. The highest BCUT2D eigenvalue weighted by atomic mass is 35.5. The fourth-order valence-electron chi connectivity index (χ4n) is 1.26. The van der Waals surface area contributed by atoms with Crippen molar-refractivity contribution in [3.8, 4) is 11.6 Å². The van der Waals surface area contributed by atoms with Gasteiger partial charge < -0.3 is 8.92 Å². The third kappa shape index (κ3) is 4.05. The van der Waals surface area contributed by atoms with Crippen LogP contribution in [0.25, 0.3) is 0 Å². The van der Waals surface area contributed by atoms with E-state index in [-0.39, 0.29) is 11.6 Å². The summed E-state index contributed by atoms with van der Waals surface area (Å²) in [6.07, 6.45) is 4.74. The Morgan fingerprint density at radius 1 is 1.32 bits per heavy atom. The van der Waals surface area contributed by atoms with Gasteiger partial charge in [0.05, 0.1) is 18.1 Å². The highest BCUT2D eigenvalue weighted by molar-refractivity contribution is 7.93. The second-order valence-corrected chi connectivity index (χ2v) is 4.46. The molecule has 7 heteroatoms. The van der Waals surface area contributed by atoms with Gasteiger partial charge >= 0.3 is 0 Å². The molecule has 4 nitrogen and oxygen atoms in total. The predicted octanol–water partition coefficient (Wildman–Crippen LogP) is 3.86. The van der Waals surface area contributed by atoms with Gasteiger partial charge in [0.1, 0.15) is 6.61 Å². The van der Waals surface area contributed by atoms with Crippen LogP contribution in [0.4, 0.5) is 4.39 Å². The molecule has 0 unspecified atom stereocenters. The van der Waals surface area contributed by atoms with Gasteiger partial charge in [-0.05, 0) is 30.2 Å². The second-order valence-electron chi connectivity index (χ2n) is 3.45. The highest BCUT2D eigenvalue weighted by Gasteiger charge is 2.07. The first-order valence-electron chi connectivity index (χ1n) is 5.28. The van der Waals surface area contributed by atoms with E-state index in [2.05, 4.69) is 9.97 Å². The molecule has 100 valence electrons. The fourth-order valence-corrected chi connectivity index (χ4v) is 1.66. The molecule has 0 amide bonds. The Labute approximate surface area is 119 Å². The van der Waals surface area contributed by atoms with Crippen molar-refractivity contribution >= 4 is 23.6 Å². The number of nitrogens with zero attached hydrogens (tertiary/aromatic N) is 2. The van der Waals surface area contributed by atoms with Crippen molar-refractivity contribution in [2.75, 3.05) is 6.26 Å². The van der Waals surface area contributed by atoms with Crippen LogP contribution in [0.5, 0.6) is 11.6 Å². The van der Waals surface area contributed by atoms with Crippen molar-refractivity contribution < 1.29 is 13.3 Å². The van der Waals surface area contributed by atoms with Crippen molar-refractivity contribution in [1.29, 1.82) is 0 Å². The van der Waals surface area contributed by atoms with E-state index in [1.165, 1.54) is 42.6 Å². The average Bonchev–Trinajstić information content (AvgIpc) is 2.41. The summed E-state index contributed by atoms with van der Waals surface area (Å²) in [7, 11) is 0. The SMILES string of the molecule is CSOCc1cnc(Oc2ccc(Cl)cc2F)cn1. The normalized spacial score (nSPS) is 10.5. The van der Waals surface area contributed by atoms with E-state index in [0.717, 1.165) is 0 Å². The molecule has 0 fully saturated rings. The quantitative estimate of drug-likeness (QED) is 0.785. The van der Waals surface area contributed by atoms with Gasteiger partial charge in [0.2, 0.25) is 5.88 Å². The number of hydrogen-bond donors (Lipinski definition) is 0. The number of hydrogen-bond acceptors (Lipinski definition) is 5. The number of benzene rings is 1. The molecule has 0 atom stereocenters. The molecule has 1 aromatic carbocycles. The number of halogens is 2. The molecule has 0 bridgehead atoms. The molecule has 0 aliphatic carbocycles. The standard InChI is InChI=1S/C12H10ClFN2O2S/c1-19-17-7-9-5-16-12(6-15-9)18-11-3-2-8(13)4-10(11)14/h2-6H,7H2,1H3. The maximum atomic E-state index is 13.5. The van der Waals surface area contributed by atoms with E-state index in [0.29, 0.717) is 17.3 Å². The largest absolute Gasteiger partial charge is 0.434 e. The Morgan fingerprint density at radius 2 is 2.16 bits per heavy atom. The first-order chi connectivity index (χ1) is 9.19. The van der Waals surface area contributed by atoms with Gasteiger partial charge in [-0.2, -0.15) is 0 Å². The van der Waals surface area contributed by atoms with Crippen LogP contribution in [0.15, 0.2) is 30.6 Å². The van der Waals surface area contributed by atoms with Gasteiger partial charge in [0.15, 0.2) is 11.6 Å². The molecular formula is C12H10ClFN2O2S. The monoisotopic (exact) mass is 300 g/mol. The Hall–Kier alpha value is -1.37. The van der Waals surface area contributed by atoms with Crippen molar-refractivity contribution in [2.45, 2.75) is 6.61 Å². The summed E-state index contributed by atoms with van der Waals surface area (Å²) >= 11 is 6.90. The lowest BCUT2D eigenvalue weighted by molar-refractivity contribution is 0.357. The highest BCUT2D eigenvalue weighted by Crippen LogP contribution is 2.25. The van der Waals surface area contributed by atoms with E-state index in [1.54, 1.807) is 0 Å². The molecular weight excluding hydrogens is 291 g/mol. The van der Waals surface area contributed by atoms with Crippen LogP contribution in [0.2, 0.25) is 5.02 Å². The van der Waals surface area contributed by atoms with Gasteiger partial charge in [-0.1, -0.05) is 11.6 Å². The van der Waals surface area contributed by atoms with Gasteiger partial charge in [0.25, 0.3) is 0 Å². The Balaban J connectivity index is 2.06. The van der Waals surface area contributed by atoms with Crippen LogP contribution in [0.3, 0.4) is 0 Å². The lowest BCUT2D eigenvalue weighted by Gasteiger charge is -2.06. The zero-order valence-electron chi connectivity index (χ0n) is 9.97. The van der Waals surface area contributed by atoms with Crippen molar-refractivity contribution in [1.82, 2.24) is 9.97 Å². The van der Waals surface area contributed by atoms with Crippen LogP contribution in [0.1, 0.15) is 5.69 Å². The topological polar surface area (TPSA) is 44.2 Å². The van der Waals surface area contributed by atoms with E-state index in [9.17, 15) is 4.39 Å². The summed E-state index contributed by atoms with van der Waals surface area (Å²) in [6.45, 7) is 0.351. The van der Waals surface area contributed by atoms with E-state index in [4.69, 9.17) is 20.5 Å². The van der Waals surface area contributed by atoms with Crippen LogP contribution in [-0.2, 0) is 10.8 Å². The molecule has 19 heavy (non-hydrogen) atoms. The van der Waals surface area contributed by atoms with Gasteiger partial charge in [-0.3, -0.25) is 4.98 Å². The van der Waals surface area contributed by atoms with E-state index < -0.39 is 5.82 Å². The third-order valence-corrected chi connectivity index (χ3v) is 2.70. The number of ether oxygens (including phenoxy) is 1. The third-order valence-electron chi connectivity index (χ3n) is 2.11. The Kier molecular flexibility index (Phi) is 4.95. The first kappa shape index (κ1) is 14.0. The smallest absolute Gasteiger partial charge is 0.237 e. The van der Waals surface area contributed by atoms with Crippen molar-refractivity contribution in [2.24, 2.45) is 0 Å². The molecule has 0 aliphatic heterocycles. The maximum Gasteiger partial charge on any atom is 0.237 e. The van der Waals surface area contributed by atoms with Crippen LogP contribution < -0.4 is 4.74 Å². The maximum absolute atomic E-state index is 13.5. The molecule has 0 saturated carbocycles. The summed E-state index contributed by atoms with van der Waals surface area (Å²) in [4.78, 5) is 8.10. The van der Waals surface area contributed by atoms with E-state index >= 15 is 0 Å². The molecule has 0 spiro atoms. The molecule has 1 aromatic heterocycles. The summed E-state index contributed by atoms with van der Waals surface area (Å²) < 4.78 is 23.9. The zero-order chi connectivity index (χ0) is 13.7. The minimum atomic E-state index is -0.552. The minimum Gasteiger partial charge on any atom is -0.434 e. The van der Waals surface area contributed by atoms with E-state index in [1.807, 2.05) is 6.26 Å². The molecule has 2 rings (SSSR count). The first-order valence-corrected chi connectivity index (χ1v) is 6.81.